The summed E-state index contributed by atoms with van der Waals surface area (Å²) in [6.07, 6.45) is 1.84. The summed E-state index contributed by atoms with van der Waals surface area (Å²) in [7, 11) is 3.88. The highest BCUT2D eigenvalue weighted by molar-refractivity contribution is 5.72. The molecule has 3 nitrogen and oxygen atoms in total. The quantitative estimate of drug-likeness (QED) is 0.298. The Morgan fingerprint density at radius 1 is 1.25 bits per heavy atom. The second-order valence-electron chi connectivity index (χ2n) is 2.78. The molecule has 0 spiro atoms. The summed E-state index contributed by atoms with van der Waals surface area (Å²) < 4.78 is 1.91. The number of benzene rings is 1. The molecule has 0 saturated heterocycles. The molecule has 0 aliphatic rings. The lowest BCUT2D eigenvalue weighted by Crippen LogP contribution is -2.06. The predicted molar refractivity (Wildman–Crippen MR) is 49.9 cm³/mol. The van der Waals surface area contributed by atoms with Crippen LogP contribution in [0.4, 0.5) is 5.69 Å². The van der Waals surface area contributed by atoms with Crippen LogP contribution in [-0.4, -0.2) is 30.1 Å². The van der Waals surface area contributed by atoms with Gasteiger partial charge in [-0.1, -0.05) is 0 Å². The minimum Gasteiger partial charge on any atom is -0.508 e. The van der Waals surface area contributed by atoms with Crippen molar-refractivity contribution in [1.82, 2.24) is 0 Å². The molecule has 1 rings (SSSR count). The van der Waals surface area contributed by atoms with Crippen molar-refractivity contribution >= 4 is 12.0 Å². The molecule has 0 amide bonds. The topological polar surface area (TPSA) is 35.3 Å². The van der Waals surface area contributed by atoms with Crippen LogP contribution in [0, 0.1) is 0 Å². The molecule has 0 aromatic heterocycles. The molecule has 0 fully saturated rings. The van der Waals surface area contributed by atoms with Gasteiger partial charge in [-0.05, 0) is 24.3 Å². The van der Waals surface area contributed by atoms with Crippen molar-refractivity contribution in [3.05, 3.63) is 24.3 Å². The van der Waals surface area contributed by atoms with Gasteiger partial charge in [0.2, 0.25) is 6.34 Å². The van der Waals surface area contributed by atoms with E-state index in [1.54, 1.807) is 12.1 Å². The number of hydrogen-bond donors (Lipinski definition) is 2. The van der Waals surface area contributed by atoms with Crippen molar-refractivity contribution in [2.24, 2.45) is 0 Å². The van der Waals surface area contributed by atoms with Gasteiger partial charge in [-0.2, -0.15) is 0 Å². The molecule has 0 aliphatic heterocycles. The Kier molecular flexibility index (Phi) is 2.69. The molecule has 0 aliphatic carbocycles. The Hall–Kier alpha value is -1.51. The van der Waals surface area contributed by atoms with Crippen LogP contribution in [0.2, 0.25) is 0 Å². The maximum atomic E-state index is 8.99. The van der Waals surface area contributed by atoms with E-state index in [9.17, 15) is 0 Å². The van der Waals surface area contributed by atoms with E-state index in [-0.39, 0.29) is 5.75 Å². The van der Waals surface area contributed by atoms with Crippen molar-refractivity contribution in [3.8, 4) is 5.75 Å². The number of rotatable bonds is 2. The first-order valence-corrected chi connectivity index (χ1v) is 3.74. The van der Waals surface area contributed by atoms with Crippen LogP contribution >= 0.6 is 0 Å². The van der Waals surface area contributed by atoms with Gasteiger partial charge < -0.3 is 5.11 Å². The van der Waals surface area contributed by atoms with E-state index in [0.717, 1.165) is 5.69 Å². The highest BCUT2D eigenvalue weighted by atomic mass is 16.3. The predicted octanol–water partition coefficient (Wildman–Crippen LogP) is 1.10. The van der Waals surface area contributed by atoms with E-state index in [4.69, 9.17) is 5.11 Å². The zero-order valence-electron chi connectivity index (χ0n) is 7.28. The third-order valence-corrected chi connectivity index (χ3v) is 1.36. The van der Waals surface area contributed by atoms with Gasteiger partial charge in [0.05, 0.1) is 14.1 Å². The van der Waals surface area contributed by atoms with E-state index >= 15 is 0 Å². The smallest absolute Gasteiger partial charge is 0.236 e. The highest BCUT2D eigenvalue weighted by Crippen LogP contribution is 2.12. The number of phenolic OH excluding ortho intramolecular Hbond substituents is 1. The molecule has 1 aromatic rings. The normalized spacial score (nSPS) is 9.17. The van der Waals surface area contributed by atoms with Crippen molar-refractivity contribution in [2.75, 3.05) is 19.4 Å². The lowest BCUT2D eigenvalue weighted by atomic mass is 10.3. The first-order chi connectivity index (χ1) is 5.68. The zero-order chi connectivity index (χ0) is 8.97. The van der Waals surface area contributed by atoms with Crippen LogP contribution in [-0.2, 0) is 0 Å². The number of anilines is 1. The Balaban J connectivity index is 2.65. The first-order valence-electron chi connectivity index (χ1n) is 3.74. The van der Waals surface area contributed by atoms with Gasteiger partial charge in [-0.3, -0.25) is 4.58 Å². The Morgan fingerprint density at radius 3 is 2.33 bits per heavy atom. The standard InChI is InChI=1S/C9H12N2O/c1-11(2)7-10-8-3-5-9(12)6-4-8/h3-7,12H,1-2H3/p+1. The fraction of sp³-hybridized carbons (Fsp3) is 0.222. The average Bonchev–Trinajstić information content (AvgIpc) is 2.03. The van der Waals surface area contributed by atoms with Crippen LogP contribution < -0.4 is 5.32 Å². The summed E-state index contributed by atoms with van der Waals surface area (Å²) in [5, 5.41) is 12.0. The van der Waals surface area contributed by atoms with Crippen molar-refractivity contribution < 1.29 is 9.68 Å². The van der Waals surface area contributed by atoms with Crippen molar-refractivity contribution in [3.63, 3.8) is 0 Å². The van der Waals surface area contributed by atoms with E-state index in [1.807, 2.05) is 37.1 Å². The van der Waals surface area contributed by atoms with E-state index in [2.05, 4.69) is 5.32 Å². The summed E-state index contributed by atoms with van der Waals surface area (Å²) in [4.78, 5) is 0. The molecule has 0 unspecified atom stereocenters. The van der Waals surface area contributed by atoms with Gasteiger partial charge in [0.15, 0.2) is 0 Å². The van der Waals surface area contributed by atoms with Gasteiger partial charge in [0.25, 0.3) is 0 Å². The SMILES string of the molecule is C[N+](C)=CNc1ccc(O)cc1. The monoisotopic (exact) mass is 165 g/mol. The highest BCUT2D eigenvalue weighted by Gasteiger charge is 1.93. The van der Waals surface area contributed by atoms with Gasteiger partial charge in [-0.15, -0.1) is 0 Å². The third kappa shape index (κ3) is 2.62. The Labute approximate surface area is 72.0 Å². The molecule has 12 heavy (non-hydrogen) atoms. The summed E-state index contributed by atoms with van der Waals surface area (Å²) in [5.41, 5.74) is 0.960. The molecule has 0 radical (unpaired) electrons. The van der Waals surface area contributed by atoms with Crippen LogP contribution in [0.1, 0.15) is 0 Å². The lowest BCUT2D eigenvalue weighted by Gasteiger charge is -1.94. The van der Waals surface area contributed by atoms with E-state index in [1.165, 1.54) is 0 Å². The van der Waals surface area contributed by atoms with E-state index in [0.29, 0.717) is 0 Å². The van der Waals surface area contributed by atoms with Gasteiger partial charge in [0, 0.05) is 0 Å². The largest absolute Gasteiger partial charge is 0.508 e. The maximum Gasteiger partial charge on any atom is 0.236 e. The average molecular weight is 165 g/mol. The van der Waals surface area contributed by atoms with Crippen LogP contribution in [0.15, 0.2) is 24.3 Å². The Bertz CT molecular complexity index is 273. The summed E-state index contributed by atoms with van der Waals surface area (Å²) in [6.45, 7) is 0. The molecule has 0 atom stereocenters. The number of nitrogens with one attached hydrogen (secondary N) is 1. The molecule has 0 saturated carbocycles. The molecule has 3 heteroatoms. The third-order valence-electron chi connectivity index (χ3n) is 1.36. The fourth-order valence-corrected chi connectivity index (χ4v) is 0.761. The van der Waals surface area contributed by atoms with Crippen LogP contribution in [0.25, 0.3) is 0 Å². The van der Waals surface area contributed by atoms with Crippen molar-refractivity contribution in [1.29, 1.82) is 0 Å². The zero-order valence-corrected chi connectivity index (χ0v) is 7.28. The molecular weight excluding hydrogens is 152 g/mol. The minimum atomic E-state index is 0.283. The van der Waals surface area contributed by atoms with Crippen LogP contribution in [0.5, 0.6) is 5.75 Å². The molecule has 1 aromatic carbocycles. The molecule has 0 bridgehead atoms. The number of nitrogens with zero attached hydrogens (tertiary/aromatic N) is 1. The molecule has 0 heterocycles. The first kappa shape index (κ1) is 8.59. The van der Waals surface area contributed by atoms with Gasteiger partial charge >= 0.3 is 0 Å². The second-order valence-corrected chi connectivity index (χ2v) is 2.78. The summed E-state index contributed by atoms with van der Waals surface area (Å²) in [5.74, 6) is 0.283. The van der Waals surface area contributed by atoms with Crippen molar-refractivity contribution in [2.45, 2.75) is 0 Å². The number of phenols is 1. The summed E-state index contributed by atoms with van der Waals surface area (Å²) >= 11 is 0. The maximum absolute atomic E-state index is 8.99. The van der Waals surface area contributed by atoms with Gasteiger partial charge in [-0.25, -0.2) is 5.32 Å². The Morgan fingerprint density at radius 2 is 1.83 bits per heavy atom. The number of aromatic hydroxyl groups is 1. The lowest BCUT2D eigenvalue weighted by molar-refractivity contribution is -0.459. The molecular formula is C9H13N2O+. The van der Waals surface area contributed by atoms with Crippen LogP contribution in [0.3, 0.4) is 0 Å². The second kappa shape index (κ2) is 3.76. The molecule has 64 valence electrons. The molecule has 2 N–H and O–H groups in total. The number of hydrogen-bond acceptors (Lipinski definition) is 1. The van der Waals surface area contributed by atoms with Gasteiger partial charge in [0.1, 0.15) is 11.4 Å². The summed E-state index contributed by atoms with van der Waals surface area (Å²) in [6, 6.07) is 6.92. The fourth-order valence-electron chi connectivity index (χ4n) is 0.761. The van der Waals surface area contributed by atoms with E-state index < -0.39 is 0 Å². The minimum absolute atomic E-state index is 0.283.